The Bertz CT molecular complexity index is 566. The number of halogens is 1. The third kappa shape index (κ3) is 3.17. The molecule has 0 aromatic heterocycles. The van der Waals surface area contributed by atoms with Crippen LogP contribution in [0.25, 0.3) is 0 Å². The molecule has 0 bridgehead atoms. The van der Waals surface area contributed by atoms with Gasteiger partial charge in [0.2, 0.25) is 0 Å². The van der Waals surface area contributed by atoms with Crippen LogP contribution in [-0.2, 0) is 6.42 Å². The fraction of sp³-hybridized carbons (Fsp3) is 0.250. The summed E-state index contributed by atoms with van der Waals surface area (Å²) in [7, 11) is 1.62. The molecule has 100 valence electrons. The van der Waals surface area contributed by atoms with Gasteiger partial charge < -0.3 is 9.84 Å². The molecule has 0 radical (unpaired) electrons. The van der Waals surface area contributed by atoms with Crippen LogP contribution in [0.2, 0.25) is 0 Å². The minimum Gasteiger partial charge on any atom is -0.497 e. The highest BCUT2D eigenvalue weighted by atomic mass is 79.9. The quantitative estimate of drug-likeness (QED) is 0.918. The van der Waals surface area contributed by atoms with Crippen LogP contribution in [0.15, 0.2) is 46.9 Å². The predicted molar refractivity (Wildman–Crippen MR) is 80.6 cm³/mol. The van der Waals surface area contributed by atoms with E-state index in [0.717, 1.165) is 27.8 Å². The molecule has 2 aromatic rings. The van der Waals surface area contributed by atoms with Crippen LogP contribution >= 0.6 is 15.9 Å². The van der Waals surface area contributed by atoms with Gasteiger partial charge in [-0.15, -0.1) is 0 Å². The van der Waals surface area contributed by atoms with Gasteiger partial charge in [-0.05, 0) is 35.7 Å². The normalized spacial score (nSPS) is 12.2. The first-order valence-corrected chi connectivity index (χ1v) is 7.05. The van der Waals surface area contributed by atoms with Crippen LogP contribution in [0.1, 0.15) is 29.7 Å². The maximum Gasteiger partial charge on any atom is 0.119 e. The number of ether oxygens (including phenoxy) is 1. The molecule has 0 aliphatic carbocycles. The maximum atomic E-state index is 10.5. The van der Waals surface area contributed by atoms with E-state index in [1.165, 1.54) is 5.56 Å². The fourth-order valence-corrected chi connectivity index (χ4v) is 2.48. The molecule has 0 spiro atoms. The lowest BCUT2D eigenvalue weighted by molar-refractivity contribution is 0.219. The summed E-state index contributed by atoms with van der Waals surface area (Å²) in [5.74, 6) is 0.740. The Hall–Kier alpha value is -1.32. The second-order valence-electron chi connectivity index (χ2n) is 4.39. The Morgan fingerprint density at radius 3 is 2.68 bits per heavy atom. The number of hydrogen-bond donors (Lipinski definition) is 1. The molecule has 19 heavy (non-hydrogen) atoms. The summed E-state index contributed by atoms with van der Waals surface area (Å²) in [6.07, 6.45) is 0.302. The Morgan fingerprint density at radius 1 is 1.21 bits per heavy atom. The van der Waals surface area contributed by atoms with Crippen LogP contribution in [0.5, 0.6) is 5.75 Å². The molecule has 3 heteroatoms. The van der Waals surface area contributed by atoms with E-state index in [1.54, 1.807) is 7.11 Å². The van der Waals surface area contributed by atoms with Gasteiger partial charge in [-0.3, -0.25) is 0 Å². The molecular formula is C16H17BrO2. The van der Waals surface area contributed by atoms with Crippen molar-refractivity contribution in [1.82, 2.24) is 0 Å². The molecule has 0 aliphatic rings. The lowest BCUT2D eigenvalue weighted by Crippen LogP contribution is -2.02. The van der Waals surface area contributed by atoms with Crippen LogP contribution in [0, 0.1) is 0 Å². The van der Waals surface area contributed by atoms with E-state index >= 15 is 0 Å². The summed E-state index contributed by atoms with van der Waals surface area (Å²) in [5, 5.41) is 10.5. The Kier molecular flexibility index (Phi) is 4.61. The first-order chi connectivity index (χ1) is 9.15. The topological polar surface area (TPSA) is 29.5 Å². The third-order valence-corrected chi connectivity index (χ3v) is 3.89. The molecule has 1 atom stereocenters. The minimum absolute atomic E-state index is 0.657. The highest BCUT2D eigenvalue weighted by Crippen LogP contribution is 2.31. The maximum absolute atomic E-state index is 10.5. The molecule has 0 heterocycles. The zero-order chi connectivity index (χ0) is 13.8. The molecule has 2 rings (SSSR count). The average molecular weight is 321 g/mol. The van der Waals surface area contributed by atoms with Crippen molar-refractivity contribution < 1.29 is 9.84 Å². The SMILES string of the molecule is CCc1cccc(C(O)c2cc(OC)ccc2Br)c1. The van der Waals surface area contributed by atoms with Crippen molar-refractivity contribution in [1.29, 1.82) is 0 Å². The van der Waals surface area contributed by atoms with E-state index < -0.39 is 6.10 Å². The minimum atomic E-state index is -0.657. The van der Waals surface area contributed by atoms with Gasteiger partial charge in [0.15, 0.2) is 0 Å². The van der Waals surface area contributed by atoms with Crippen molar-refractivity contribution in [2.75, 3.05) is 7.11 Å². The van der Waals surface area contributed by atoms with Crippen LogP contribution in [-0.4, -0.2) is 12.2 Å². The Morgan fingerprint density at radius 2 is 2.00 bits per heavy atom. The van der Waals surface area contributed by atoms with Crippen molar-refractivity contribution in [3.8, 4) is 5.75 Å². The van der Waals surface area contributed by atoms with Crippen LogP contribution in [0.4, 0.5) is 0 Å². The lowest BCUT2D eigenvalue weighted by atomic mass is 9.99. The van der Waals surface area contributed by atoms with E-state index in [4.69, 9.17) is 4.74 Å². The van der Waals surface area contributed by atoms with E-state index in [0.29, 0.717) is 0 Å². The average Bonchev–Trinajstić information content (AvgIpc) is 2.47. The van der Waals surface area contributed by atoms with Crippen molar-refractivity contribution in [3.05, 3.63) is 63.6 Å². The predicted octanol–water partition coefficient (Wildman–Crippen LogP) is 4.10. The molecule has 0 saturated heterocycles. The number of aliphatic hydroxyl groups excluding tert-OH is 1. The standard InChI is InChI=1S/C16H17BrO2/c1-3-11-5-4-6-12(9-11)16(18)14-10-13(19-2)7-8-15(14)17/h4-10,16,18H,3H2,1-2H3. The number of rotatable bonds is 4. The van der Waals surface area contributed by atoms with Gasteiger partial charge in [-0.1, -0.05) is 47.1 Å². The third-order valence-electron chi connectivity index (χ3n) is 3.17. The summed E-state index contributed by atoms with van der Waals surface area (Å²) in [6, 6.07) is 13.6. The smallest absolute Gasteiger partial charge is 0.119 e. The number of methoxy groups -OCH3 is 1. The number of hydrogen-bond acceptors (Lipinski definition) is 2. The molecule has 2 aromatic carbocycles. The van der Waals surface area contributed by atoms with Gasteiger partial charge in [0.25, 0.3) is 0 Å². The van der Waals surface area contributed by atoms with Crippen molar-refractivity contribution in [2.24, 2.45) is 0 Å². The molecule has 0 fully saturated rings. The summed E-state index contributed by atoms with van der Waals surface area (Å²) < 4.78 is 6.09. The van der Waals surface area contributed by atoms with E-state index in [-0.39, 0.29) is 0 Å². The van der Waals surface area contributed by atoms with Crippen molar-refractivity contribution >= 4 is 15.9 Å². The molecular weight excluding hydrogens is 304 g/mol. The first-order valence-electron chi connectivity index (χ1n) is 6.26. The number of aliphatic hydroxyl groups is 1. The molecule has 1 unspecified atom stereocenters. The zero-order valence-electron chi connectivity index (χ0n) is 11.1. The fourth-order valence-electron chi connectivity index (χ4n) is 2.02. The first kappa shape index (κ1) is 14.1. The second kappa shape index (κ2) is 6.22. The van der Waals surface area contributed by atoms with E-state index in [9.17, 15) is 5.11 Å². The highest BCUT2D eigenvalue weighted by molar-refractivity contribution is 9.10. The van der Waals surface area contributed by atoms with Crippen LogP contribution < -0.4 is 4.74 Å². The van der Waals surface area contributed by atoms with Gasteiger partial charge in [0, 0.05) is 10.0 Å². The van der Waals surface area contributed by atoms with E-state index in [2.05, 4.69) is 28.9 Å². The van der Waals surface area contributed by atoms with Crippen LogP contribution in [0.3, 0.4) is 0 Å². The Labute approximate surface area is 122 Å². The van der Waals surface area contributed by atoms with Gasteiger partial charge in [-0.25, -0.2) is 0 Å². The lowest BCUT2D eigenvalue weighted by Gasteiger charge is -2.15. The number of benzene rings is 2. The molecule has 0 amide bonds. The second-order valence-corrected chi connectivity index (χ2v) is 5.24. The molecule has 2 nitrogen and oxygen atoms in total. The number of aryl methyl sites for hydroxylation is 1. The summed E-state index contributed by atoms with van der Waals surface area (Å²) in [4.78, 5) is 0. The van der Waals surface area contributed by atoms with Crippen molar-refractivity contribution in [2.45, 2.75) is 19.4 Å². The van der Waals surface area contributed by atoms with Gasteiger partial charge in [-0.2, -0.15) is 0 Å². The molecule has 1 N–H and O–H groups in total. The Balaban J connectivity index is 2.39. The zero-order valence-corrected chi connectivity index (χ0v) is 12.6. The highest BCUT2D eigenvalue weighted by Gasteiger charge is 2.15. The van der Waals surface area contributed by atoms with Gasteiger partial charge in [0.05, 0.1) is 7.11 Å². The van der Waals surface area contributed by atoms with E-state index in [1.807, 2.05) is 36.4 Å². The summed E-state index contributed by atoms with van der Waals surface area (Å²) in [6.45, 7) is 2.10. The van der Waals surface area contributed by atoms with Gasteiger partial charge in [0.1, 0.15) is 11.9 Å². The molecule has 0 saturated carbocycles. The summed E-state index contributed by atoms with van der Waals surface area (Å²) >= 11 is 3.48. The summed E-state index contributed by atoms with van der Waals surface area (Å²) in [5.41, 5.74) is 2.93. The monoisotopic (exact) mass is 320 g/mol. The van der Waals surface area contributed by atoms with Crippen molar-refractivity contribution in [3.63, 3.8) is 0 Å². The molecule has 0 aliphatic heterocycles. The van der Waals surface area contributed by atoms with Gasteiger partial charge >= 0.3 is 0 Å². The largest absolute Gasteiger partial charge is 0.497 e.